The topological polar surface area (TPSA) is 69.6 Å². The monoisotopic (exact) mass is 201 g/mol. The van der Waals surface area contributed by atoms with Crippen LogP contribution in [0.5, 0.6) is 0 Å². The number of benzene rings is 1. The summed E-state index contributed by atoms with van der Waals surface area (Å²) in [5, 5.41) is 11.4. The Morgan fingerprint density at radius 2 is 1.92 bits per heavy atom. The van der Waals surface area contributed by atoms with Crippen molar-refractivity contribution in [2.24, 2.45) is 0 Å². The SMILES string of the molecule is O=S(O)c1ccc(NCCO)cc1. The summed E-state index contributed by atoms with van der Waals surface area (Å²) in [6.45, 7) is 0.537. The minimum absolute atomic E-state index is 0.0632. The van der Waals surface area contributed by atoms with E-state index >= 15 is 0 Å². The summed E-state index contributed by atoms with van der Waals surface area (Å²) in [5.41, 5.74) is 0.822. The molecule has 0 aliphatic carbocycles. The molecule has 0 saturated heterocycles. The molecule has 5 heteroatoms. The number of anilines is 1. The number of aliphatic hydroxyl groups is 1. The first-order valence-electron chi connectivity index (χ1n) is 3.79. The van der Waals surface area contributed by atoms with Crippen molar-refractivity contribution in [3.63, 3.8) is 0 Å². The molecule has 0 fully saturated rings. The molecule has 4 nitrogen and oxygen atoms in total. The van der Waals surface area contributed by atoms with Gasteiger partial charge in [-0.25, -0.2) is 4.21 Å². The van der Waals surface area contributed by atoms with Crippen molar-refractivity contribution in [3.8, 4) is 0 Å². The van der Waals surface area contributed by atoms with E-state index in [2.05, 4.69) is 5.32 Å². The van der Waals surface area contributed by atoms with E-state index in [9.17, 15) is 4.21 Å². The lowest BCUT2D eigenvalue weighted by atomic mass is 10.3. The van der Waals surface area contributed by atoms with Gasteiger partial charge in [-0.15, -0.1) is 0 Å². The van der Waals surface area contributed by atoms with Crippen LogP contribution in [0.3, 0.4) is 0 Å². The van der Waals surface area contributed by atoms with E-state index in [1.54, 1.807) is 24.3 Å². The summed E-state index contributed by atoms with van der Waals surface area (Å²) < 4.78 is 19.3. The fraction of sp³-hybridized carbons (Fsp3) is 0.250. The lowest BCUT2D eigenvalue weighted by molar-refractivity contribution is 0.311. The van der Waals surface area contributed by atoms with E-state index in [0.29, 0.717) is 11.4 Å². The van der Waals surface area contributed by atoms with Crippen LogP contribution < -0.4 is 5.32 Å². The van der Waals surface area contributed by atoms with Gasteiger partial charge in [0.25, 0.3) is 0 Å². The van der Waals surface area contributed by atoms with Crippen molar-refractivity contribution in [1.29, 1.82) is 0 Å². The molecule has 1 unspecified atom stereocenters. The third-order valence-electron chi connectivity index (χ3n) is 1.50. The molecule has 72 valence electrons. The van der Waals surface area contributed by atoms with Gasteiger partial charge >= 0.3 is 0 Å². The second-order valence-electron chi connectivity index (χ2n) is 2.42. The first-order valence-corrected chi connectivity index (χ1v) is 4.90. The number of nitrogens with one attached hydrogen (secondary N) is 1. The Morgan fingerprint density at radius 3 is 2.38 bits per heavy atom. The van der Waals surface area contributed by atoms with Crippen LogP contribution in [0, 0.1) is 0 Å². The van der Waals surface area contributed by atoms with Crippen molar-refractivity contribution in [2.75, 3.05) is 18.5 Å². The minimum Gasteiger partial charge on any atom is -0.395 e. The third-order valence-corrected chi connectivity index (χ3v) is 2.17. The minimum atomic E-state index is -1.92. The highest BCUT2D eigenvalue weighted by Gasteiger charge is 1.98. The molecule has 13 heavy (non-hydrogen) atoms. The van der Waals surface area contributed by atoms with E-state index in [4.69, 9.17) is 9.66 Å². The quantitative estimate of drug-likeness (QED) is 0.626. The Balaban J connectivity index is 2.64. The maximum Gasteiger partial charge on any atom is 0.186 e. The molecule has 0 aromatic heterocycles. The highest BCUT2D eigenvalue weighted by molar-refractivity contribution is 7.79. The zero-order valence-corrected chi connectivity index (χ0v) is 7.75. The molecule has 0 radical (unpaired) electrons. The Morgan fingerprint density at radius 1 is 1.31 bits per heavy atom. The number of aliphatic hydroxyl groups excluding tert-OH is 1. The Bertz CT molecular complexity index is 286. The molecular weight excluding hydrogens is 190 g/mol. The lowest BCUT2D eigenvalue weighted by Crippen LogP contribution is -2.05. The summed E-state index contributed by atoms with van der Waals surface area (Å²) in [5.74, 6) is 0. The van der Waals surface area contributed by atoms with E-state index < -0.39 is 11.1 Å². The molecule has 0 spiro atoms. The summed E-state index contributed by atoms with van der Waals surface area (Å²) in [6.07, 6.45) is 0. The average Bonchev–Trinajstić information content (AvgIpc) is 2.15. The zero-order chi connectivity index (χ0) is 9.68. The largest absolute Gasteiger partial charge is 0.395 e. The van der Waals surface area contributed by atoms with E-state index in [0.717, 1.165) is 5.69 Å². The second kappa shape index (κ2) is 4.96. The predicted octanol–water partition coefficient (Wildman–Crippen LogP) is 0.671. The maximum absolute atomic E-state index is 10.6. The highest BCUT2D eigenvalue weighted by atomic mass is 32.2. The molecule has 0 aliphatic rings. The Labute approximate surface area is 78.9 Å². The summed E-state index contributed by atoms with van der Waals surface area (Å²) in [6, 6.07) is 6.52. The Kier molecular flexibility index (Phi) is 3.88. The third kappa shape index (κ3) is 3.14. The molecule has 1 aromatic rings. The number of hydrogen-bond acceptors (Lipinski definition) is 3. The highest BCUT2D eigenvalue weighted by Crippen LogP contribution is 2.10. The summed E-state index contributed by atoms with van der Waals surface area (Å²) >= 11 is -1.92. The molecule has 0 aliphatic heterocycles. The van der Waals surface area contributed by atoms with Gasteiger partial charge in [0.15, 0.2) is 11.1 Å². The van der Waals surface area contributed by atoms with Gasteiger partial charge in [-0.2, -0.15) is 0 Å². The van der Waals surface area contributed by atoms with Crippen LogP contribution in [-0.2, 0) is 11.1 Å². The van der Waals surface area contributed by atoms with Crippen LogP contribution in [-0.4, -0.2) is 27.0 Å². The molecule has 0 amide bonds. The molecular formula is C8H11NO3S. The van der Waals surface area contributed by atoms with Crippen LogP contribution in [0.25, 0.3) is 0 Å². The van der Waals surface area contributed by atoms with Crippen molar-refractivity contribution in [1.82, 2.24) is 0 Å². The molecule has 0 saturated carbocycles. The first kappa shape index (κ1) is 10.2. The van der Waals surface area contributed by atoms with Gasteiger partial charge in [0, 0.05) is 12.2 Å². The molecule has 0 heterocycles. The van der Waals surface area contributed by atoms with E-state index in [1.165, 1.54) is 0 Å². The second-order valence-corrected chi connectivity index (χ2v) is 3.39. The van der Waals surface area contributed by atoms with Crippen LogP contribution >= 0.6 is 0 Å². The smallest absolute Gasteiger partial charge is 0.186 e. The van der Waals surface area contributed by atoms with Gasteiger partial charge in [-0.05, 0) is 24.3 Å². The van der Waals surface area contributed by atoms with Crippen LogP contribution in [0.2, 0.25) is 0 Å². The van der Waals surface area contributed by atoms with Crippen molar-refractivity contribution in [2.45, 2.75) is 4.90 Å². The Hall–Kier alpha value is -0.910. The average molecular weight is 201 g/mol. The van der Waals surface area contributed by atoms with Gasteiger partial charge in [0.2, 0.25) is 0 Å². The van der Waals surface area contributed by atoms with E-state index in [1.807, 2.05) is 0 Å². The molecule has 1 atom stereocenters. The molecule has 1 rings (SSSR count). The predicted molar refractivity (Wildman–Crippen MR) is 51.1 cm³/mol. The number of rotatable bonds is 4. The van der Waals surface area contributed by atoms with Crippen molar-refractivity contribution >= 4 is 16.8 Å². The normalized spacial score (nSPS) is 12.5. The molecule has 3 N–H and O–H groups in total. The fourth-order valence-electron chi connectivity index (χ4n) is 0.889. The van der Waals surface area contributed by atoms with Gasteiger partial charge in [-0.3, -0.25) is 0 Å². The standard InChI is InChI=1S/C8H11NO3S/c10-6-5-9-7-1-3-8(4-2-7)13(11)12/h1-4,9-10H,5-6H2,(H,11,12). The van der Waals surface area contributed by atoms with Crippen molar-refractivity contribution in [3.05, 3.63) is 24.3 Å². The summed E-state index contributed by atoms with van der Waals surface area (Å²) in [4.78, 5) is 0.370. The van der Waals surface area contributed by atoms with Crippen LogP contribution in [0.15, 0.2) is 29.2 Å². The van der Waals surface area contributed by atoms with Crippen molar-refractivity contribution < 1.29 is 13.9 Å². The number of hydrogen-bond donors (Lipinski definition) is 3. The van der Waals surface area contributed by atoms with Gasteiger partial charge in [0.05, 0.1) is 11.5 Å². The summed E-state index contributed by atoms with van der Waals surface area (Å²) in [7, 11) is 0. The van der Waals surface area contributed by atoms with Crippen LogP contribution in [0.4, 0.5) is 5.69 Å². The zero-order valence-electron chi connectivity index (χ0n) is 6.93. The van der Waals surface area contributed by atoms with E-state index in [-0.39, 0.29) is 6.61 Å². The fourth-order valence-corrected chi connectivity index (χ4v) is 1.26. The lowest BCUT2D eigenvalue weighted by Gasteiger charge is -2.03. The van der Waals surface area contributed by atoms with Gasteiger partial charge in [0.1, 0.15) is 0 Å². The van der Waals surface area contributed by atoms with Crippen LogP contribution in [0.1, 0.15) is 0 Å². The van der Waals surface area contributed by atoms with Gasteiger partial charge in [-0.1, -0.05) is 0 Å². The van der Waals surface area contributed by atoms with Gasteiger partial charge < -0.3 is 15.0 Å². The molecule has 1 aromatic carbocycles. The first-order chi connectivity index (χ1) is 6.24. The maximum atomic E-state index is 10.6. The molecule has 0 bridgehead atoms.